The van der Waals surface area contributed by atoms with Gasteiger partial charge in [-0.15, -0.1) is 11.3 Å². The lowest BCUT2D eigenvalue weighted by Crippen LogP contribution is -2.48. The Hall–Kier alpha value is -2.28. The molecule has 1 saturated heterocycles. The first-order valence-corrected chi connectivity index (χ1v) is 9.76. The van der Waals surface area contributed by atoms with Crippen molar-refractivity contribution in [3.8, 4) is 0 Å². The molecule has 0 radical (unpaired) electrons. The van der Waals surface area contributed by atoms with Crippen LogP contribution in [0.2, 0.25) is 0 Å². The molecule has 0 spiro atoms. The van der Waals surface area contributed by atoms with Crippen LogP contribution in [-0.2, 0) is 4.79 Å². The maximum absolute atomic E-state index is 12.3. The summed E-state index contributed by atoms with van der Waals surface area (Å²) in [5.41, 5.74) is 0.755. The van der Waals surface area contributed by atoms with Crippen LogP contribution in [-0.4, -0.2) is 40.8 Å². The van der Waals surface area contributed by atoms with Crippen LogP contribution in [0.5, 0.6) is 0 Å². The highest BCUT2D eigenvalue weighted by molar-refractivity contribution is 7.12. The third-order valence-corrected chi connectivity index (χ3v) is 5.51. The number of anilines is 1. The SMILES string of the molecule is Cc1cc(C(=O)CCC(=O)N[C@H]2CCCN(c3ncccn3)C2)c(C)s1. The number of Topliss-reactive ketones (excluding diaryl/α,β-unsaturated/α-hetero) is 1. The molecule has 1 aliphatic heterocycles. The number of ketones is 1. The molecule has 1 aliphatic rings. The van der Waals surface area contributed by atoms with Crippen molar-refractivity contribution in [1.82, 2.24) is 15.3 Å². The number of carbonyl (C=O) groups is 2. The van der Waals surface area contributed by atoms with E-state index in [0.29, 0.717) is 12.5 Å². The monoisotopic (exact) mass is 372 g/mol. The normalized spacial score (nSPS) is 17.2. The molecule has 0 unspecified atom stereocenters. The van der Waals surface area contributed by atoms with Crippen LogP contribution in [0.25, 0.3) is 0 Å². The second-order valence-electron chi connectivity index (χ2n) is 6.65. The number of piperidine rings is 1. The van der Waals surface area contributed by atoms with Gasteiger partial charge < -0.3 is 10.2 Å². The molecule has 2 aromatic rings. The number of nitrogens with one attached hydrogen (secondary N) is 1. The molecule has 138 valence electrons. The Morgan fingerprint density at radius 2 is 2.04 bits per heavy atom. The van der Waals surface area contributed by atoms with Gasteiger partial charge in [-0.1, -0.05) is 0 Å². The van der Waals surface area contributed by atoms with Crippen LogP contribution in [0.4, 0.5) is 5.95 Å². The van der Waals surface area contributed by atoms with Crippen molar-refractivity contribution in [3.05, 3.63) is 39.8 Å². The molecular weight excluding hydrogens is 348 g/mol. The maximum Gasteiger partial charge on any atom is 0.225 e. The Bertz CT molecular complexity index is 775. The molecule has 1 amide bonds. The van der Waals surface area contributed by atoms with Crippen LogP contribution in [0.15, 0.2) is 24.5 Å². The van der Waals surface area contributed by atoms with Gasteiger partial charge in [-0.25, -0.2) is 9.97 Å². The Kier molecular flexibility index (Phi) is 5.98. The standard InChI is InChI=1S/C19H24N4O2S/c1-13-11-16(14(2)26-13)17(24)6-7-18(25)22-15-5-3-10-23(12-15)19-20-8-4-9-21-19/h4,8-9,11,15H,3,5-7,10,12H2,1-2H3,(H,22,25)/t15-/m0/s1. The van der Waals surface area contributed by atoms with Gasteiger partial charge in [-0.2, -0.15) is 0 Å². The number of nitrogens with zero attached hydrogens (tertiary/aromatic N) is 3. The molecule has 2 aromatic heterocycles. The summed E-state index contributed by atoms with van der Waals surface area (Å²) in [7, 11) is 0. The maximum atomic E-state index is 12.3. The zero-order valence-electron chi connectivity index (χ0n) is 15.2. The number of thiophene rings is 1. The van der Waals surface area contributed by atoms with E-state index in [4.69, 9.17) is 0 Å². The molecule has 0 aromatic carbocycles. The first-order chi connectivity index (χ1) is 12.5. The highest BCUT2D eigenvalue weighted by atomic mass is 32.1. The minimum Gasteiger partial charge on any atom is -0.352 e. The average molecular weight is 372 g/mol. The van der Waals surface area contributed by atoms with Crippen molar-refractivity contribution in [2.75, 3.05) is 18.0 Å². The average Bonchev–Trinajstić information content (AvgIpc) is 2.99. The lowest BCUT2D eigenvalue weighted by Gasteiger charge is -2.33. The summed E-state index contributed by atoms with van der Waals surface area (Å²) in [5, 5.41) is 3.06. The van der Waals surface area contributed by atoms with Crippen molar-refractivity contribution in [2.45, 2.75) is 45.6 Å². The van der Waals surface area contributed by atoms with Gasteiger partial charge >= 0.3 is 0 Å². The minimum atomic E-state index is -0.0659. The molecule has 3 rings (SSSR count). The number of hydrogen-bond acceptors (Lipinski definition) is 6. The molecule has 0 saturated carbocycles. The van der Waals surface area contributed by atoms with Gasteiger partial charge in [0, 0.05) is 59.7 Å². The summed E-state index contributed by atoms with van der Waals surface area (Å²) >= 11 is 1.62. The number of rotatable bonds is 6. The molecule has 1 atom stereocenters. The second kappa shape index (κ2) is 8.40. The van der Waals surface area contributed by atoms with Gasteiger partial charge in [0.25, 0.3) is 0 Å². The number of amides is 1. The van der Waals surface area contributed by atoms with E-state index in [1.165, 1.54) is 0 Å². The van der Waals surface area contributed by atoms with Gasteiger partial charge in [-0.3, -0.25) is 9.59 Å². The molecule has 1 fully saturated rings. The fourth-order valence-electron chi connectivity index (χ4n) is 3.30. The zero-order chi connectivity index (χ0) is 18.5. The Morgan fingerprint density at radius 1 is 1.27 bits per heavy atom. The Morgan fingerprint density at radius 3 is 2.73 bits per heavy atom. The third kappa shape index (κ3) is 4.66. The quantitative estimate of drug-likeness (QED) is 0.789. The zero-order valence-corrected chi connectivity index (χ0v) is 16.0. The molecule has 3 heterocycles. The van der Waals surface area contributed by atoms with Crippen LogP contribution in [0.3, 0.4) is 0 Å². The van der Waals surface area contributed by atoms with Crippen molar-refractivity contribution in [1.29, 1.82) is 0 Å². The van der Waals surface area contributed by atoms with Gasteiger partial charge in [0.1, 0.15) is 0 Å². The van der Waals surface area contributed by atoms with Gasteiger partial charge in [0.2, 0.25) is 11.9 Å². The molecule has 26 heavy (non-hydrogen) atoms. The van der Waals surface area contributed by atoms with E-state index >= 15 is 0 Å². The van der Waals surface area contributed by atoms with Gasteiger partial charge in [-0.05, 0) is 38.8 Å². The highest BCUT2D eigenvalue weighted by Gasteiger charge is 2.23. The summed E-state index contributed by atoms with van der Waals surface area (Å²) in [6.45, 7) is 5.54. The van der Waals surface area contributed by atoms with E-state index in [1.54, 1.807) is 29.8 Å². The number of aromatic nitrogens is 2. The summed E-state index contributed by atoms with van der Waals surface area (Å²) in [6.07, 6.45) is 5.85. The van der Waals surface area contributed by atoms with Crippen LogP contribution < -0.4 is 10.2 Å². The predicted molar refractivity (Wildman–Crippen MR) is 103 cm³/mol. The first-order valence-electron chi connectivity index (χ1n) is 8.94. The smallest absolute Gasteiger partial charge is 0.225 e. The lowest BCUT2D eigenvalue weighted by molar-refractivity contribution is -0.121. The predicted octanol–water partition coefficient (Wildman–Crippen LogP) is 2.90. The van der Waals surface area contributed by atoms with Crippen molar-refractivity contribution < 1.29 is 9.59 Å². The number of hydrogen-bond donors (Lipinski definition) is 1. The Balaban J connectivity index is 1.48. The largest absolute Gasteiger partial charge is 0.352 e. The topological polar surface area (TPSA) is 75.2 Å². The summed E-state index contributed by atoms with van der Waals surface area (Å²) in [5.74, 6) is 0.679. The van der Waals surface area contributed by atoms with Crippen LogP contribution >= 0.6 is 11.3 Å². The fraction of sp³-hybridized carbons (Fsp3) is 0.474. The van der Waals surface area contributed by atoms with Crippen molar-refractivity contribution in [3.63, 3.8) is 0 Å². The van der Waals surface area contributed by atoms with E-state index in [0.717, 1.165) is 34.7 Å². The summed E-state index contributed by atoms with van der Waals surface area (Å²) < 4.78 is 0. The summed E-state index contributed by atoms with van der Waals surface area (Å²) in [6, 6.07) is 3.78. The van der Waals surface area contributed by atoms with E-state index in [1.807, 2.05) is 19.9 Å². The lowest BCUT2D eigenvalue weighted by atomic mass is 10.0. The minimum absolute atomic E-state index is 0.0463. The van der Waals surface area contributed by atoms with E-state index in [9.17, 15) is 9.59 Å². The molecule has 1 N–H and O–H groups in total. The molecular formula is C19H24N4O2S. The van der Waals surface area contributed by atoms with Gasteiger partial charge in [0.15, 0.2) is 5.78 Å². The van der Waals surface area contributed by atoms with E-state index in [-0.39, 0.29) is 30.6 Å². The van der Waals surface area contributed by atoms with Gasteiger partial charge in [0.05, 0.1) is 0 Å². The fourth-order valence-corrected chi connectivity index (χ4v) is 4.24. The van der Waals surface area contributed by atoms with Crippen molar-refractivity contribution in [2.24, 2.45) is 0 Å². The van der Waals surface area contributed by atoms with E-state index in [2.05, 4.69) is 20.2 Å². The Labute approximate surface area is 157 Å². The highest BCUT2D eigenvalue weighted by Crippen LogP contribution is 2.22. The molecule has 7 heteroatoms. The first kappa shape index (κ1) is 18.5. The molecule has 6 nitrogen and oxygen atoms in total. The third-order valence-electron chi connectivity index (χ3n) is 4.54. The molecule has 0 aliphatic carbocycles. The number of aryl methyl sites for hydroxylation is 2. The summed E-state index contributed by atoms with van der Waals surface area (Å²) in [4.78, 5) is 37.4. The second-order valence-corrected chi connectivity index (χ2v) is 8.11. The molecule has 0 bridgehead atoms. The van der Waals surface area contributed by atoms with Crippen LogP contribution in [0, 0.1) is 13.8 Å². The van der Waals surface area contributed by atoms with E-state index < -0.39 is 0 Å². The van der Waals surface area contributed by atoms with Crippen molar-refractivity contribution >= 4 is 29.0 Å². The van der Waals surface area contributed by atoms with Crippen LogP contribution in [0.1, 0.15) is 45.8 Å². The number of carbonyl (C=O) groups excluding carboxylic acids is 2.